The molecule has 18 heavy (non-hydrogen) atoms. The Morgan fingerprint density at radius 2 is 2.11 bits per heavy atom. The predicted molar refractivity (Wildman–Crippen MR) is 68.4 cm³/mol. The van der Waals surface area contributed by atoms with Crippen LogP contribution < -0.4 is 5.32 Å². The number of unbranched alkanes of at least 4 members (excludes halogenated alkanes) is 1. The van der Waals surface area contributed by atoms with Crippen LogP contribution in [-0.2, 0) is 11.3 Å². The van der Waals surface area contributed by atoms with Crippen molar-refractivity contribution in [2.45, 2.75) is 52.1 Å². The number of nitrogens with zero attached hydrogens (tertiary/aromatic N) is 3. The normalized spacial score (nSPS) is 14.4. The molecular weight excluding hydrogens is 232 g/mol. The molecule has 1 unspecified atom stereocenters. The molecule has 6 nitrogen and oxygen atoms in total. The molecule has 0 spiro atoms. The first kappa shape index (κ1) is 14.6. The molecule has 0 radical (unpaired) electrons. The standard InChI is InChI=1S/C12H22N4O2/c1-9-14-10(2)16(15-9)8-6-5-7-12(3,13-4)11(17)18/h13H,5-8H2,1-4H3,(H,17,18). The van der Waals surface area contributed by atoms with Crippen LogP contribution in [0, 0.1) is 13.8 Å². The summed E-state index contributed by atoms with van der Waals surface area (Å²) < 4.78 is 1.87. The SMILES string of the molecule is CNC(C)(CCCCn1nc(C)nc1C)C(=O)O. The average Bonchev–Trinajstić information content (AvgIpc) is 2.63. The summed E-state index contributed by atoms with van der Waals surface area (Å²) in [6.45, 7) is 6.28. The van der Waals surface area contributed by atoms with Gasteiger partial charge in [0.15, 0.2) is 0 Å². The molecule has 0 aliphatic rings. The van der Waals surface area contributed by atoms with E-state index in [2.05, 4.69) is 15.4 Å². The van der Waals surface area contributed by atoms with Crippen molar-refractivity contribution in [1.82, 2.24) is 20.1 Å². The van der Waals surface area contributed by atoms with Crippen molar-refractivity contribution in [2.75, 3.05) is 7.05 Å². The number of aliphatic carboxylic acids is 1. The Labute approximate surface area is 107 Å². The van der Waals surface area contributed by atoms with Crippen LogP contribution in [0.4, 0.5) is 0 Å². The Bertz CT molecular complexity index is 416. The topological polar surface area (TPSA) is 80.0 Å². The van der Waals surface area contributed by atoms with E-state index in [4.69, 9.17) is 5.11 Å². The molecule has 0 fully saturated rings. The summed E-state index contributed by atoms with van der Waals surface area (Å²) in [6.07, 6.45) is 2.34. The second kappa shape index (κ2) is 5.95. The smallest absolute Gasteiger partial charge is 0.323 e. The first-order chi connectivity index (χ1) is 8.39. The van der Waals surface area contributed by atoms with Crippen LogP contribution in [0.1, 0.15) is 37.8 Å². The van der Waals surface area contributed by atoms with E-state index in [1.165, 1.54) is 0 Å². The third-order valence-electron chi connectivity index (χ3n) is 3.28. The number of carbonyl (C=O) groups is 1. The summed E-state index contributed by atoms with van der Waals surface area (Å²) in [6, 6.07) is 0. The number of carboxylic acids is 1. The van der Waals surface area contributed by atoms with E-state index in [0.29, 0.717) is 6.42 Å². The molecule has 0 aromatic carbocycles. The van der Waals surface area contributed by atoms with E-state index >= 15 is 0 Å². The van der Waals surface area contributed by atoms with Gasteiger partial charge in [-0.05, 0) is 47.1 Å². The van der Waals surface area contributed by atoms with Crippen molar-refractivity contribution >= 4 is 5.97 Å². The molecule has 0 amide bonds. The van der Waals surface area contributed by atoms with Gasteiger partial charge in [0, 0.05) is 6.54 Å². The van der Waals surface area contributed by atoms with Crippen molar-refractivity contribution in [3.05, 3.63) is 11.6 Å². The van der Waals surface area contributed by atoms with Crippen LogP contribution in [0.2, 0.25) is 0 Å². The zero-order valence-corrected chi connectivity index (χ0v) is 11.5. The molecule has 1 aromatic heterocycles. The van der Waals surface area contributed by atoms with Gasteiger partial charge in [0.2, 0.25) is 0 Å². The van der Waals surface area contributed by atoms with Gasteiger partial charge in [0.25, 0.3) is 0 Å². The predicted octanol–water partition coefficient (Wildman–Crippen LogP) is 1.13. The highest BCUT2D eigenvalue weighted by molar-refractivity contribution is 5.78. The molecule has 0 saturated carbocycles. The van der Waals surface area contributed by atoms with Gasteiger partial charge in [0.1, 0.15) is 17.2 Å². The molecule has 1 heterocycles. The number of carboxylic acid groups (broad SMARTS) is 1. The number of likely N-dealkylation sites (N-methyl/N-ethyl adjacent to an activating group) is 1. The van der Waals surface area contributed by atoms with Crippen molar-refractivity contribution in [2.24, 2.45) is 0 Å². The largest absolute Gasteiger partial charge is 0.480 e. The average molecular weight is 254 g/mol. The summed E-state index contributed by atoms with van der Waals surface area (Å²) in [5.41, 5.74) is -0.840. The lowest BCUT2D eigenvalue weighted by Gasteiger charge is -2.23. The van der Waals surface area contributed by atoms with Crippen LogP contribution in [0.25, 0.3) is 0 Å². The minimum absolute atomic E-state index is 0.603. The minimum atomic E-state index is -0.840. The van der Waals surface area contributed by atoms with Crippen molar-refractivity contribution < 1.29 is 9.90 Å². The lowest BCUT2D eigenvalue weighted by atomic mass is 9.95. The maximum atomic E-state index is 11.1. The third kappa shape index (κ3) is 3.53. The highest BCUT2D eigenvalue weighted by Crippen LogP contribution is 2.14. The Morgan fingerprint density at radius 3 is 2.56 bits per heavy atom. The van der Waals surface area contributed by atoms with E-state index in [-0.39, 0.29) is 0 Å². The number of aryl methyl sites for hydroxylation is 3. The van der Waals surface area contributed by atoms with Crippen molar-refractivity contribution in [3.63, 3.8) is 0 Å². The molecule has 2 N–H and O–H groups in total. The maximum Gasteiger partial charge on any atom is 0.323 e. The molecule has 1 atom stereocenters. The van der Waals surface area contributed by atoms with Gasteiger partial charge < -0.3 is 10.4 Å². The number of hydrogen-bond acceptors (Lipinski definition) is 4. The maximum absolute atomic E-state index is 11.1. The number of rotatable bonds is 7. The Kier molecular flexibility index (Phi) is 4.84. The lowest BCUT2D eigenvalue weighted by Crippen LogP contribution is -2.47. The van der Waals surface area contributed by atoms with Crippen molar-refractivity contribution in [3.8, 4) is 0 Å². The second-order valence-corrected chi connectivity index (χ2v) is 4.77. The number of nitrogens with one attached hydrogen (secondary N) is 1. The summed E-state index contributed by atoms with van der Waals surface area (Å²) in [5, 5.41) is 16.2. The van der Waals surface area contributed by atoms with Crippen molar-refractivity contribution in [1.29, 1.82) is 0 Å². The monoisotopic (exact) mass is 254 g/mol. The highest BCUT2D eigenvalue weighted by atomic mass is 16.4. The summed E-state index contributed by atoms with van der Waals surface area (Å²) in [5.74, 6) is 0.873. The van der Waals surface area contributed by atoms with Crippen LogP contribution in [0.3, 0.4) is 0 Å². The summed E-state index contributed by atoms with van der Waals surface area (Å²) in [4.78, 5) is 15.3. The zero-order valence-electron chi connectivity index (χ0n) is 11.5. The molecule has 1 rings (SSSR count). The molecule has 0 saturated heterocycles. The fourth-order valence-electron chi connectivity index (χ4n) is 1.85. The quantitative estimate of drug-likeness (QED) is 0.713. The number of hydrogen-bond donors (Lipinski definition) is 2. The van der Waals surface area contributed by atoms with Gasteiger partial charge >= 0.3 is 5.97 Å². The molecule has 1 aromatic rings. The first-order valence-electron chi connectivity index (χ1n) is 6.19. The van der Waals surface area contributed by atoms with E-state index in [1.807, 2.05) is 18.5 Å². The van der Waals surface area contributed by atoms with Gasteiger partial charge in [-0.3, -0.25) is 9.48 Å². The summed E-state index contributed by atoms with van der Waals surface area (Å²) in [7, 11) is 1.68. The molecule has 102 valence electrons. The zero-order chi connectivity index (χ0) is 13.8. The first-order valence-corrected chi connectivity index (χ1v) is 6.19. The lowest BCUT2D eigenvalue weighted by molar-refractivity contribution is -0.144. The highest BCUT2D eigenvalue weighted by Gasteiger charge is 2.30. The Balaban J connectivity index is 2.39. The van der Waals surface area contributed by atoms with Crippen LogP contribution in [-0.4, -0.2) is 38.4 Å². The molecule has 0 bridgehead atoms. The van der Waals surface area contributed by atoms with Gasteiger partial charge in [-0.25, -0.2) is 4.98 Å². The van der Waals surface area contributed by atoms with Gasteiger partial charge in [-0.1, -0.05) is 0 Å². The fourth-order valence-corrected chi connectivity index (χ4v) is 1.85. The van der Waals surface area contributed by atoms with Gasteiger partial charge in [-0.15, -0.1) is 0 Å². The third-order valence-corrected chi connectivity index (χ3v) is 3.28. The van der Waals surface area contributed by atoms with E-state index in [0.717, 1.165) is 31.0 Å². The van der Waals surface area contributed by atoms with Crippen LogP contribution in [0.5, 0.6) is 0 Å². The van der Waals surface area contributed by atoms with E-state index in [9.17, 15) is 4.79 Å². The van der Waals surface area contributed by atoms with Crippen LogP contribution >= 0.6 is 0 Å². The van der Waals surface area contributed by atoms with Crippen LogP contribution in [0.15, 0.2) is 0 Å². The van der Waals surface area contributed by atoms with Gasteiger partial charge in [-0.2, -0.15) is 5.10 Å². The summed E-state index contributed by atoms with van der Waals surface area (Å²) >= 11 is 0. The second-order valence-electron chi connectivity index (χ2n) is 4.77. The minimum Gasteiger partial charge on any atom is -0.480 e. The van der Waals surface area contributed by atoms with E-state index < -0.39 is 11.5 Å². The fraction of sp³-hybridized carbons (Fsp3) is 0.750. The Hall–Kier alpha value is -1.43. The Morgan fingerprint density at radius 1 is 1.44 bits per heavy atom. The molecule has 6 heteroatoms. The number of aromatic nitrogens is 3. The van der Waals surface area contributed by atoms with E-state index in [1.54, 1.807) is 14.0 Å². The molecule has 0 aliphatic heterocycles. The molecule has 0 aliphatic carbocycles. The van der Waals surface area contributed by atoms with Gasteiger partial charge in [0.05, 0.1) is 0 Å². The molecular formula is C12H22N4O2.